The molecule has 1 unspecified atom stereocenters. The van der Waals surface area contributed by atoms with Crippen molar-refractivity contribution in [2.45, 2.75) is 45.1 Å². The van der Waals surface area contributed by atoms with Crippen molar-refractivity contribution in [2.75, 3.05) is 37.9 Å². The molecule has 0 saturated heterocycles. The normalized spacial score (nSPS) is 20.4. The Kier molecular flexibility index (Phi) is 5.63. The average Bonchev–Trinajstić information content (AvgIpc) is 2.61. The van der Waals surface area contributed by atoms with Crippen molar-refractivity contribution in [2.24, 2.45) is 0 Å². The first-order valence-corrected chi connectivity index (χ1v) is 10.1. The molecule has 0 saturated carbocycles. The molecule has 29 heavy (non-hydrogen) atoms. The van der Waals surface area contributed by atoms with Crippen LogP contribution in [-0.4, -0.2) is 43.6 Å². The summed E-state index contributed by atoms with van der Waals surface area (Å²) in [6, 6.07) is 14.2. The summed E-state index contributed by atoms with van der Waals surface area (Å²) in [6.07, 6.45) is 0.802. The molecule has 0 fully saturated rings. The number of ether oxygens (including phenoxy) is 1. The molecule has 0 spiro atoms. The zero-order valence-electron chi connectivity index (χ0n) is 18.5. The van der Waals surface area contributed by atoms with Crippen molar-refractivity contribution in [3.8, 4) is 5.75 Å². The number of carbonyl (C=O) groups excluding carboxylic acids is 1. The van der Waals surface area contributed by atoms with E-state index < -0.39 is 0 Å². The Bertz CT molecular complexity index is 889. The van der Waals surface area contributed by atoms with Crippen LogP contribution in [0, 0.1) is 0 Å². The smallest absolute Gasteiger partial charge is 0.224 e. The van der Waals surface area contributed by atoms with Gasteiger partial charge in [0.2, 0.25) is 5.91 Å². The number of fused-ring (bicyclic) bond motifs is 1. The molecule has 5 heteroatoms. The molecule has 3 rings (SSSR count). The van der Waals surface area contributed by atoms with Crippen LogP contribution in [0.4, 0.5) is 11.4 Å². The fourth-order valence-electron chi connectivity index (χ4n) is 4.67. The minimum atomic E-state index is -0.315. The van der Waals surface area contributed by atoms with Crippen LogP contribution < -0.4 is 15.4 Å². The highest BCUT2D eigenvalue weighted by atomic mass is 16.5. The topological polar surface area (TPSA) is 58.8 Å². The first-order valence-electron chi connectivity index (χ1n) is 10.1. The highest BCUT2D eigenvalue weighted by molar-refractivity contribution is 5.95. The van der Waals surface area contributed by atoms with Gasteiger partial charge < -0.3 is 20.3 Å². The van der Waals surface area contributed by atoms with Crippen molar-refractivity contribution in [3.05, 3.63) is 53.6 Å². The summed E-state index contributed by atoms with van der Waals surface area (Å²) < 4.78 is 5.86. The number of anilines is 2. The summed E-state index contributed by atoms with van der Waals surface area (Å²) in [5.74, 6) is 0.917. The van der Waals surface area contributed by atoms with Crippen LogP contribution in [0.2, 0.25) is 0 Å². The van der Waals surface area contributed by atoms with E-state index in [0.717, 1.165) is 30.0 Å². The zero-order valence-corrected chi connectivity index (χ0v) is 18.5. The quantitative estimate of drug-likeness (QED) is 0.776. The lowest BCUT2D eigenvalue weighted by Gasteiger charge is -2.51. The van der Waals surface area contributed by atoms with Gasteiger partial charge in [0.05, 0.1) is 0 Å². The predicted molar refractivity (Wildman–Crippen MR) is 120 cm³/mol. The van der Waals surface area contributed by atoms with Crippen molar-refractivity contribution in [1.29, 1.82) is 0 Å². The van der Waals surface area contributed by atoms with Crippen LogP contribution in [0.5, 0.6) is 5.75 Å². The average molecular weight is 396 g/mol. The van der Waals surface area contributed by atoms with E-state index in [1.165, 1.54) is 5.56 Å². The molecule has 1 heterocycles. The molecule has 1 aliphatic heterocycles. The molecule has 2 N–H and O–H groups in total. The number of benzene rings is 2. The molecule has 1 atom stereocenters. The molecular weight excluding hydrogens is 362 g/mol. The van der Waals surface area contributed by atoms with Gasteiger partial charge in [0.15, 0.2) is 0 Å². The lowest BCUT2D eigenvalue weighted by Crippen LogP contribution is -2.55. The van der Waals surface area contributed by atoms with Gasteiger partial charge >= 0.3 is 0 Å². The monoisotopic (exact) mass is 395 g/mol. The zero-order chi connectivity index (χ0) is 21.4. The molecular formula is C24H33N3O2. The van der Waals surface area contributed by atoms with E-state index >= 15 is 0 Å². The summed E-state index contributed by atoms with van der Waals surface area (Å²) in [6.45, 7) is 9.66. The first kappa shape index (κ1) is 21.2. The molecule has 1 amide bonds. The minimum absolute atomic E-state index is 0.0488. The number of rotatable bonds is 5. The van der Waals surface area contributed by atoms with Crippen LogP contribution in [0.1, 0.15) is 45.2 Å². The van der Waals surface area contributed by atoms with E-state index in [9.17, 15) is 4.79 Å². The van der Waals surface area contributed by atoms with Gasteiger partial charge in [0.25, 0.3) is 0 Å². The highest BCUT2D eigenvalue weighted by Gasteiger charge is 2.47. The van der Waals surface area contributed by atoms with E-state index in [1.54, 1.807) is 6.92 Å². The molecule has 5 nitrogen and oxygen atoms in total. The Hall–Kier alpha value is -2.53. The van der Waals surface area contributed by atoms with E-state index in [2.05, 4.69) is 37.8 Å². The summed E-state index contributed by atoms with van der Waals surface area (Å²) in [5, 5.41) is 0. The van der Waals surface area contributed by atoms with Crippen LogP contribution >= 0.6 is 0 Å². The van der Waals surface area contributed by atoms with Crippen molar-refractivity contribution >= 4 is 17.3 Å². The molecule has 0 radical (unpaired) electrons. The highest BCUT2D eigenvalue weighted by Crippen LogP contribution is 2.51. The fourth-order valence-corrected chi connectivity index (χ4v) is 4.67. The van der Waals surface area contributed by atoms with Crippen LogP contribution in [0.3, 0.4) is 0 Å². The maximum absolute atomic E-state index is 12.5. The molecule has 0 bridgehead atoms. The maximum Gasteiger partial charge on any atom is 0.224 e. The van der Waals surface area contributed by atoms with Crippen molar-refractivity contribution in [1.82, 2.24) is 4.90 Å². The lowest BCUT2D eigenvalue weighted by molar-refractivity contribution is -0.117. The van der Waals surface area contributed by atoms with E-state index in [0.29, 0.717) is 12.3 Å². The van der Waals surface area contributed by atoms with Crippen molar-refractivity contribution < 1.29 is 9.53 Å². The molecule has 2 aromatic rings. The van der Waals surface area contributed by atoms with Gasteiger partial charge in [0, 0.05) is 35.8 Å². The Morgan fingerprint density at radius 2 is 1.79 bits per heavy atom. The molecule has 156 valence electrons. The molecule has 0 aliphatic carbocycles. The van der Waals surface area contributed by atoms with Gasteiger partial charge in [-0.2, -0.15) is 0 Å². The number of carbonyl (C=O) groups is 1. The van der Waals surface area contributed by atoms with Crippen LogP contribution in [0.15, 0.2) is 42.5 Å². The van der Waals surface area contributed by atoms with Gasteiger partial charge in [-0.3, -0.25) is 4.79 Å². The summed E-state index contributed by atoms with van der Waals surface area (Å²) >= 11 is 0. The fraction of sp³-hybridized carbons (Fsp3) is 0.458. The number of nitrogens with two attached hydrogens (primary N) is 1. The number of nitrogens with zero attached hydrogens (tertiary/aromatic N) is 2. The largest absolute Gasteiger partial charge is 0.492 e. The number of hydrogen-bond acceptors (Lipinski definition) is 4. The molecule has 2 aromatic carbocycles. The van der Waals surface area contributed by atoms with E-state index in [1.807, 2.05) is 49.3 Å². The van der Waals surface area contributed by atoms with Gasteiger partial charge in [-0.25, -0.2) is 0 Å². The molecule has 0 aromatic heterocycles. The third-order valence-electron chi connectivity index (χ3n) is 5.86. The second kappa shape index (κ2) is 7.71. The summed E-state index contributed by atoms with van der Waals surface area (Å²) in [5.41, 5.74) is 9.51. The predicted octanol–water partition coefficient (Wildman–Crippen LogP) is 4.05. The Labute approximate surface area is 174 Å². The van der Waals surface area contributed by atoms with Gasteiger partial charge in [-0.15, -0.1) is 0 Å². The van der Waals surface area contributed by atoms with Crippen LogP contribution in [0.25, 0.3) is 0 Å². The number of nitrogen functional groups attached to an aromatic ring is 1. The van der Waals surface area contributed by atoms with E-state index in [4.69, 9.17) is 10.5 Å². The third-order valence-corrected chi connectivity index (χ3v) is 5.86. The Balaban J connectivity index is 2.01. The SMILES string of the molecule is CC(=O)N1c2ccc(N)cc2C(C)(c2ccc(OCCN(C)C)cc2)CC1(C)C. The van der Waals surface area contributed by atoms with Crippen LogP contribution in [-0.2, 0) is 10.2 Å². The third kappa shape index (κ3) is 4.10. The molecule has 1 aliphatic rings. The van der Waals surface area contributed by atoms with Crippen molar-refractivity contribution in [3.63, 3.8) is 0 Å². The van der Waals surface area contributed by atoms with E-state index in [-0.39, 0.29) is 16.9 Å². The van der Waals surface area contributed by atoms with Gasteiger partial charge in [0.1, 0.15) is 12.4 Å². The lowest BCUT2D eigenvalue weighted by atomic mass is 9.65. The van der Waals surface area contributed by atoms with Gasteiger partial charge in [-0.05, 0) is 75.8 Å². The number of likely N-dealkylation sites (N-methyl/N-ethyl adjacent to an activating group) is 1. The standard InChI is InChI=1S/C24H33N3O2/c1-17(28)27-22-12-9-19(25)15-21(22)24(4,16-23(27,2)3)18-7-10-20(11-8-18)29-14-13-26(5)6/h7-12,15H,13-14,16,25H2,1-6H3. The maximum atomic E-state index is 12.5. The number of hydrogen-bond donors (Lipinski definition) is 1. The second-order valence-electron chi connectivity index (χ2n) is 9.13. The Morgan fingerprint density at radius 3 is 2.38 bits per heavy atom. The minimum Gasteiger partial charge on any atom is -0.492 e. The summed E-state index contributed by atoms with van der Waals surface area (Å²) in [7, 11) is 4.07. The summed E-state index contributed by atoms with van der Waals surface area (Å²) in [4.78, 5) is 16.5. The van der Waals surface area contributed by atoms with Gasteiger partial charge in [-0.1, -0.05) is 19.1 Å². The Morgan fingerprint density at radius 1 is 1.14 bits per heavy atom. The second-order valence-corrected chi connectivity index (χ2v) is 9.13. The number of amides is 1. The first-order chi connectivity index (χ1) is 13.5.